The van der Waals surface area contributed by atoms with E-state index in [9.17, 15) is 19.1 Å². The summed E-state index contributed by atoms with van der Waals surface area (Å²) < 4.78 is 27.6. The Balaban J connectivity index is 1.40. The lowest BCUT2D eigenvalue weighted by atomic mass is 9.81. The number of aromatic carboxylic acids is 1. The Morgan fingerprint density at radius 1 is 0.978 bits per heavy atom. The molecule has 1 aliphatic heterocycles. The van der Waals surface area contributed by atoms with Crippen LogP contribution in [0.25, 0.3) is 44.3 Å². The lowest BCUT2D eigenvalue weighted by Gasteiger charge is -2.28. The average Bonchev–Trinajstić information content (AvgIpc) is 3.41. The van der Waals surface area contributed by atoms with Gasteiger partial charge in [0.05, 0.1) is 48.3 Å². The van der Waals surface area contributed by atoms with Gasteiger partial charge in [-0.05, 0) is 78.4 Å². The number of nitrogens with zero attached hydrogens (tertiary/aromatic N) is 3. The van der Waals surface area contributed by atoms with Gasteiger partial charge in [-0.25, -0.2) is 14.2 Å². The van der Waals surface area contributed by atoms with Crippen LogP contribution >= 0.6 is 0 Å². The van der Waals surface area contributed by atoms with Gasteiger partial charge >= 0.3 is 5.97 Å². The van der Waals surface area contributed by atoms with E-state index in [0.29, 0.717) is 48.8 Å². The van der Waals surface area contributed by atoms with Crippen molar-refractivity contribution >= 4 is 33.7 Å². The summed E-state index contributed by atoms with van der Waals surface area (Å²) in [6.45, 7) is 2.15. The van der Waals surface area contributed by atoms with Crippen LogP contribution in [-0.4, -0.2) is 64.8 Å². The highest BCUT2D eigenvalue weighted by atomic mass is 19.1. The number of carboxylic acid groups (broad SMARTS) is 1. The number of fused-ring (bicyclic) bond motifs is 2. The molecule has 0 spiro atoms. The summed E-state index contributed by atoms with van der Waals surface area (Å²) in [7, 11) is 1.55. The summed E-state index contributed by atoms with van der Waals surface area (Å²) >= 11 is 0. The highest BCUT2D eigenvalue weighted by Gasteiger charge is 2.29. The number of hydrogen-bond acceptors (Lipinski definition) is 5. The second kappa shape index (κ2) is 12.6. The Kier molecular flexibility index (Phi) is 8.17. The van der Waals surface area contributed by atoms with E-state index in [-0.39, 0.29) is 29.8 Å². The summed E-state index contributed by atoms with van der Waals surface area (Å²) in [4.78, 5) is 32.4. The van der Waals surface area contributed by atoms with E-state index in [4.69, 9.17) is 14.5 Å². The summed E-state index contributed by atoms with van der Waals surface area (Å²) in [5, 5.41) is 11.8. The third kappa shape index (κ3) is 5.60. The summed E-state index contributed by atoms with van der Waals surface area (Å²) in [6, 6.07) is 19.7. The lowest BCUT2D eigenvalue weighted by Crippen LogP contribution is -2.42. The van der Waals surface area contributed by atoms with Crippen molar-refractivity contribution in [1.29, 1.82) is 0 Å². The number of morpholine rings is 1. The molecule has 2 aromatic heterocycles. The Hall–Kier alpha value is -4.76. The van der Waals surface area contributed by atoms with Gasteiger partial charge in [0.1, 0.15) is 18.1 Å². The Labute approximate surface area is 266 Å². The number of hydrogen-bond donors (Lipinski definition) is 1. The van der Waals surface area contributed by atoms with Gasteiger partial charge in [0.2, 0.25) is 5.91 Å². The highest BCUT2D eigenvalue weighted by Crippen LogP contribution is 2.45. The Morgan fingerprint density at radius 3 is 2.54 bits per heavy atom. The number of ether oxygens (including phenoxy) is 2. The maximum absolute atomic E-state index is 14.8. The molecule has 1 aliphatic carbocycles. The summed E-state index contributed by atoms with van der Waals surface area (Å²) in [6.07, 6.45) is 5.52. The Bertz CT molecular complexity index is 1960. The van der Waals surface area contributed by atoms with Crippen molar-refractivity contribution in [3.05, 3.63) is 83.7 Å². The van der Waals surface area contributed by atoms with E-state index in [1.165, 1.54) is 18.1 Å². The highest BCUT2D eigenvalue weighted by molar-refractivity contribution is 6.00. The van der Waals surface area contributed by atoms with Crippen LogP contribution in [0, 0.1) is 5.82 Å². The van der Waals surface area contributed by atoms with E-state index < -0.39 is 5.97 Å². The van der Waals surface area contributed by atoms with Crippen LogP contribution in [0.2, 0.25) is 0 Å². The van der Waals surface area contributed by atoms with Crippen molar-refractivity contribution in [2.45, 2.75) is 44.6 Å². The van der Waals surface area contributed by atoms with Crippen LogP contribution in [0.3, 0.4) is 0 Å². The van der Waals surface area contributed by atoms with Crippen LogP contribution in [0.1, 0.15) is 53.9 Å². The molecule has 236 valence electrons. The zero-order valence-corrected chi connectivity index (χ0v) is 25.8. The predicted octanol–water partition coefficient (Wildman–Crippen LogP) is 7.28. The molecule has 8 nitrogen and oxygen atoms in total. The number of carbonyl (C=O) groups is 2. The first-order valence-electron chi connectivity index (χ1n) is 15.9. The molecule has 1 amide bonds. The molecule has 2 fully saturated rings. The normalized spacial score (nSPS) is 15.8. The van der Waals surface area contributed by atoms with Crippen LogP contribution < -0.4 is 4.74 Å². The van der Waals surface area contributed by atoms with Gasteiger partial charge < -0.3 is 24.0 Å². The van der Waals surface area contributed by atoms with E-state index >= 15 is 0 Å². The molecule has 3 heterocycles. The van der Waals surface area contributed by atoms with Crippen molar-refractivity contribution in [2.75, 3.05) is 33.4 Å². The van der Waals surface area contributed by atoms with E-state index in [2.05, 4.69) is 6.07 Å². The first kappa shape index (κ1) is 29.9. The molecule has 3 aromatic carbocycles. The number of rotatable bonds is 7. The maximum Gasteiger partial charge on any atom is 0.335 e. The second-order valence-electron chi connectivity index (χ2n) is 12.2. The molecule has 1 saturated heterocycles. The van der Waals surface area contributed by atoms with Crippen LogP contribution in [0.15, 0.2) is 66.7 Å². The van der Waals surface area contributed by atoms with Crippen molar-refractivity contribution in [3.63, 3.8) is 0 Å². The number of methoxy groups -OCH3 is 1. The zero-order valence-electron chi connectivity index (χ0n) is 25.8. The third-order valence-corrected chi connectivity index (χ3v) is 9.43. The fraction of sp³-hybridized carbons (Fsp3) is 0.324. The van der Waals surface area contributed by atoms with Crippen LogP contribution in [-0.2, 0) is 16.1 Å². The average molecular weight is 622 g/mol. The fourth-order valence-corrected chi connectivity index (χ4v) is 7.09. The lowest BCUT2D eigenvalue weighted by molar-refractivity contribution is -0.135. The minimum absolute atomic E-state index is 0.0233. The fourth-order valence-electron chi connectivity index (χ4n) is 7.09. The smallest absolute Gasteiger partial charge is 0.335 e. The molecule has 1 N–H and O–H groups in total. The minimum atomic E-state index is -1.00. The van der Waals surface area contributed by atoms with Gasteiger partial charge in [0.25, 0.3) is 0 Å². The molecule has 0 bridgehead atoms. The third-order valence-electron chi connectivity index (χ3n) is 9.43. The van der Waals surface area contributed by atoms with Crippen molar-refractivity contribution in [1.82, 2.24) is 14.5 Å². The molecular weight excluding hydrogens is 585 g/mol. The number of amides is 1. The first-order chi connectivity index (χ1) is 22.4. The minimum Gasteiger partial charge on any atom is -0.497 e. The van der Waals surface area contributed by atoms with Crippen molar-refractivity contribution in [2.24, 2.45) is 0 Å². The standard InChI is InChI=1S/C37H36FN3O5/c1-45-27-10-12-30(38)29(21-27)32-14-8-24-19-25(9-13-31(24)39-32)36-35(23-5-3-2-4-6-23)28-11-7-26(37(43)44)20-33(28)41(36)22-34(42)40-15-17-46-18-16-40/h7-14,19-21,23H,2-6,15-18,22H2,1H3,(H,43,44). The van der Waals surface area contributed by atoms with Crippen molar-refractivity contribution in [3.8, 4) is 28.3 Å². The maximum atomic E-state index is 14.8. The predicted molar refractivity (Wildman–Crippen MR) is 175 cm³/mol. The summed E-state index contributed by atoms with van der Waals surface area (Å²) in [5.74, 6) is -0.570. The van der Waals surface area contributed by atoms with Gasteiger partial charge in [-0.3, -0.25) is 4.79 Å². The second-order valence-corrected chi connectivity index (χ2v) is 12.2. The number of pyridine rings is 1. The van der Waals surface area contributed by atoms with Gasteiger partial charge in [0.15, 0.2) is 0 Å². The molecule has 46 heavy (non-hydrogen) atoms. The number of benzene rings is 3. The van der Waals surface area contributed by atoms with Crippen LogP contribution in [0.4, 0.5) is 4.39 Å². The molecule has 5 aromatic rings. The first-order valence-corrected chi connectivity index (χ1v) is 15.9. The number of carbonyl (C=O) groups excluding carboxylic acids is 1. The molecule has 0 unspecified atom stereocenters. The number of halogens is 1. The molecular formula is C37H36FN3O5. The van der Waals surface area contributed by atoms with Crippen molar-refractivity contribution < 1.29 is 28.6 Å². The van der Waals surface area contributed by atoms with Gasteiger partial charge in [-0.2, -0.15) is 0 Å². The molecule has 1 saturated carbocycles. The monoisotopic (exact) mass is 621 g/mol. The van der Waals surface area contributed by atoms with Gasteiger partial charge in [0, 0.05) is 29.4 Å². The van der Waals surface area contributed by atoms with E-state index in [1.54, 1.807) is 31.4 Å². The number of aromatic nitrogens is 2. The SMILES string of the molecule is COc1ccc(F)c(-c2ccc3cc(-c4c(C5CCCCC5)c5ccc(C(=O)O)cc5n4CC(=O)N4CCOCC4)ccc3n2)c1. The largest absolute Gasteiger partial charge is 0.497 e. The zero-order chi connectivity index (χ0) is 31.8. The Morgan fingerprint density at radius 2 is 1.78 bits per heavy atom. The van der Waals surface area contributed by atoms with E-state index in [0.717, 1.165) is 53.2 Å². The van der Waals surface area contributed by atoms with Crippen LogP contribution in [0.5, 0.6) is 5.75 Å². The molecule has 9 heteroatoms. The molecule has 7 rings (SSSR count). The van der Waals surface area contributed by atoms with E-state index in [1.807, 2.05) is 39.8 Å². The number of carboxylic acids is 1. The van der Waals surface area contributed by atoms with Gasteiger partial charge in [-0.1, -0.05) is 37.5 Å². The molecule has 2 aliphatic rings. The summed E-state index contributed by atoms with van der Waals surface area (Å²) in [5.41, 5.74) is 5.55. The topological polar surface area (TPSA) is 93.9 Å². The molecule has 0 atom stereocenters. The molecule has 0 radical (unpaired) electrons. The van der Waals surface area contributed by atoms with Gasteiger partial charge in [-0.15, -0.1) is 0 Å². The quantitative estimate of drug-likeness (QED) is 0.205.